The van der Waals surface area contributed by atoms with E-state index in [1.54, 1.807) is 30.8 Å². The van der Waals surface area contributed by atoms with E-state index in [-0.39, 0.29) is 6.10 Å². The largest absolute Gasteiger partial charge is 0.473 e. The number of furan rings is 1. The zero-order valence-corrected chi connectivity index (χ0v) is 11.7. The molecule has 0 N–H and O–H groups in total. The Kier molecular flexibility index (Phi) is 3.59. The summed E-state index contributed by atoms with van der Waals surface area (Å²) < 4.78 is 11.1. The van der Waals surface area contributed by atoms with Crippen LogP contribution in [0.3, 0.4) is 0 Å². The molecule has 0 aliphatic rings. The van der Waals surface area contributed by atoms with Gasteiger partial charge in [0.1, 0.15) is 0 Å². The molecule has 0 aromatic carbocycles. The Hall–Kier alpha value is -2.76. The van der Waals surface area contributed by atoms with Crippen molar-refractivity contribution in [1.29, 1.82) is 0 Å². The Bertz CT molecular complexity index is 712. The number of rotatable bonds is 4. The van der Waals surface area contributed by atoms with Gasteiger partial charge in [-0.1, -0.05) is 0 Å². The number of ether oxygens (including phenoxy) is 1. The number of hydrogen-bond acceptors (Lipinski definition) is 6. The number of aromatic nitrogens is 4. The van der Waals surface area contributed by atoms with Crippen molar-refractivity contribution in [3.63, 3.8) is 0 Å². The molecular weight excluding hydrogens is 268 g/mol. The van der Waals surface area contributed by atoms with Crippen molar-refractivity contribution in [2.75, 3.05) is 0 Å². The predicted molar refractivity (Wildman–Crippen MR) is 76.5 cm³/mol. The molecular formula is C15H14N4O2. The van der Waals surface area contributed by atoms with Gasteiger partial charge in [-0.2, -0.15) is 4.98 Å². The van der Waals surface area contributed by atoms with Gasteiger partial charge in [0.25, 0.3) is 0 Å². The molecule has 0 amide bonds. The van der Waals surface area contributed by atoms with Gasteiger partial charge in [-0.3, -0.25) is 4.98 Å². The van der Waals surface area contributed by atoms with Gasteiger partial charge < -0.3 is 9.15 Å². The molecule has 0 saturated heterocycles. The van der Waals surface area contributed by atoms with Crippen molar-refractivity contribution in [3.8, 4) is 28.7 Å². The Morgan fingerprint density at radius 1 is 1.10 bits per heavy atom. The lowest BCUT2D eigenvalue weighted by Crippen LogP contribution is -2.10. The van der Waals surface area contributed by atoms with Gasteiger partial charge in [0.2, 0.25) is 11.7 Å². The second-order valence-corrected chi connectivity index (χ2v) is 4.67. The third-order valence-electron chi connectivity index (χ3n) is 2.70. The minimum Gasteiger partial charge on any atom is -0.473 e. The van der Waals surface area contributed by atoms with Crippen LogP contribution in [0.1, 0.15) is 13.8 Å². The molecule has 6 nitrogen and oxygen atoms in total. The van der Waals surface area contributed by atoms with Gasteiger partial charge in [0.15, 0.2) is 11.5 Å². The lowest BCUT2D eigenvalue weighted by atomic mass is 10.2. The van der Waals surface area contributed by atoms with Crippen molar-refractivity contribution in [1.82, 2.24) is 20.2 Å². The predicted octanol–water partition coefficient (Wildman–Crippen LogP) is 2.98. The monoisotopic (exact) mass is 282 g/mol. The summed E-state index contributed by atoms with van der Waals surface area (Å²) in [6, 6.07) is 7.23. The standard InChI is InChI=1S/C15H14N4O2/c1-10(2)21-15-13(11-5-7-16-8-6-11)18-19-14(17-15)12-4-3-9-20-12/h3-10H,1-2H3. The molecule has 3 rings (SSSR count). The van der Waals surface area contributed by atoms with E-state index in [4.69, 9.17) is 9.15 Å². The van der Waals surface area contributed by atoms with E-state index in [2.05, 4.69) is 20.2 Å². The molecule has 0 spiro atoms. The summed E-state index contributed by atoms with van der Waals surface area (Å²) in [5.41, 5.74) is 1.44. The van der Waals surface area contributed by atoms with Crippen LogP contribution in [0.5, 0.6) is 5.88 Å². The van der Waals surface area contributed by atoms with E-state index in [1.165, 1.54) is 0 Å². The van der Waals surface area contributed by atoms with Crippen LogP contribution in [-0.2, 0) is 0 Å². The summed E-state index contributed by atoms with van der Waals surface area (Å²) >= 11 is 0. The summed E-state index contributed by atoms with van der Waals surface area (Å²) in [6.45, 7) is 3.87. The topological polar surface area (TPSA) is 73.9 Å². The summed E-state index contributed by atoms with van der Waals surface area (Å²) in [4.78, 5) is 8.42. The molecule has 3 aromatic rings. The van der Waals surface area contributed by atoms with Gasteiger partial charge in [0, 0.05) is 18.0 Å². The molecule has 3 aromatic heterocycles. The zero-order valence-electron chi connectivity index (χ0n) is 11.7. The van der Waals surface area contributed by atoms with Crippen LogP contribution in [0.15, 0.2) is 47.3 Å². The Morgan fingerprint density at radius 2 is 1.90 bits per heavy atom. The Balaban J connectivity index is 2.08. The van der Waals surface area contributed by atoms with E-state index >= 15 is 0 Å². The number of pyridine rings is 1. The minimum atomic E-state index is -0.0215. The van der Waals surface area contributed by atoms with Crippen LogP contribution in [0.25, 0.3) is 22.8 Å². The van der Waals surface area contributed by atoms with Crippen LogP contribution in [0.4, 0.5) is 0 Å². The van der Waals surface area contributed by atoms with Crippen molar-refractivity contribution in [3.05, 3.63) is 42.9 Å². The second kappa shape index (κ2) is 5.70. The van der Waals surface area contributed by atoms with Gasteiger partial charge in [0.05, 0.1) is 12.4 Å². The number of hydrogen-bond donors (Lipinski definition) is 0. The molecule has 6 heteroatoms. The average Bonchev–Trinajstić information content (AvgIpc) is 3.02. The molecule has 3 heterocycles. The summed E-state index contributed by atoms with van der Waals surface area (Å²) in [5, 5.41) is 8.34. The van der Waals surface area contributed by atoms with Crippen LogP contribution >= 0.6 is 0 Å². The highest BCUT2D eigenvalue weighted by atomic mass is 16.5. The molecule has 0 aliphatic carbocycles. The quantitative estimate of drug-likeness (QED) is 0.732. The lowest BCUT2D eigenvalue weighted by Gasteiger charge is -2.12. The highest BCUT2D eigenvalue weighted by Crippen LogP contribution is 2.27. The average molecular weight is 282 g/mol. The zero-order chi connectivity index (χ0) is 14.7. The normalized spacial score (nSPS) is 10.8. The Morgan fingerprint density at radius 3 is 2.57 bits per heavy atom. The van der Waals surface area contributed by atoms with Crippen molar-refractivity contribution >= 4 is 0 Å². The van der Waals surface area contributed by atoms with E-state index in [0.717, 1.165) is 5.56 Å². The van der Waals surface area contributed by atoms with Crippen molar-refractivity contribution in [2.45, 2.75) is 20.0 Å². The van der Waals surface area contributed by atoms with Crippen molar-refractivity contribution < 1.29 is 9.15 Å². The van der Waals surface area contributed by atoms with E-state index in [0.29, 0.717) is 23.2 Å². The molecule has 0 fully saturated rings. The molecule has 106 valence electrons. The molecule has 0 aliphatic heterocycles. The van der Waals surface area contributed by atoms with E-state index in [1.807, 2.05) is 26.0 Å². The summed E-state index contributed by atoms with van der Waals surface area (Å²) in [5.74, 6) is 1.38. The first-order valence-electron chi connectivity index (χ1n) is 6.59. The SMILES string of the molecule is CC(C)Oc1nc(-c2ccco2)nnc1-c1ccncc1. The highest BCUT2D eigenvalue weighted by molar-refractivity contribution is 5.64. The maximum atomic E-state index is 5.76. The molecule has 21 heavy (non-hydrogen) atoms. The molecule has 0 bridgehead atoms. The lowest BCUT2D eigenvalue weighted by molar-refractivity contribution is 0.232. The molecule has 0 atom stereocenters. The summed E-state index contributed by atoms with van der Waals surface area (Å²) in [6.07, 6.45) is 4.93. The number of nitrogens with zero attached hydrogens (tertiary/aromatic N) is 4. The van der Waals surface area contributed by atoms with Crippen molar-refractivity contribution in [2.24, 2.45) is 0 Å². The van der Waals surface area contributed by atoms with Crippen LogP contribution in [-0.4, -0.2) is 26.3 Å². The Labute approximate surface area is 121 Å². The maximum absolute atomic E-state index is 5.76. The highest BCUT2D eigenvalue weighted by Gasteiger charge is 2.16. The summed E-state index contributed by atoms with van der Waals surface area (Å²) in [7, 11) is 0. The van der Waals surface area contributed by atoms with Crippen LogP contribution in [0.2, 0.25) is 0 Å². The molecule has 0 unspecified atom stereocenters. The first-order valence-corrected chi connectivity index (χ1v) is 6.59. The minimum absolute atomic E-state index is 0.0215. The van der Waals surface area contributed by atoms with E-state index < -0.39 is 0 Å². The van der Waals surface area contributed by atoms with Crippen LogP contribution < -0.4 is 4.74 Å². The fourth-order valence-corrected chi connectivity index (χ4v) is 1.82. The fraction of sp³-hybridized carbons (Fsp3) is 0.200. The van der Waals surface area contributed by atoms with Crippen LogP contribution in [0, 0.1) is 0 Å². The van der Waals surface area contributed by atoms with Gasteiger partial charge >= 0.3 is 0 Å². The maximum Gasteiger partial charge on any atom is 0.245 e. The van der Waals surface area contributed by atoms with Gasteiger partial charge in [-0.15, -0.1) is 10.2 Å². The second-order valence-electron chi connectivity index (χ2n) is 4.67. The van der Waals surface area contributed by atoms with E-state index in [9.17, 15) is 0 Å². The third kappa shape index (κ3) is 2.89. The first-order chi connectivity index (χ1) is 10.2. The first kappa shape index (κ1) is 13.2. The van der Waals surface area contributed by atoms with Gasteiger partial charge in [-0.05, 0) is 38.1 Å². The fourth-order valence-electron chi connectivity index (χ4n) is 1.82. The molecule has 0 saturated carbocycles. The third-order valence-corrected chi connectivity index (χ3v) is 2.70. The van der Waals surface area contributed by atoms with Gasteiger partial charge in [-0.25, -0.2) is 0 Å². The molecule has 0 radical (unpaired) electrons. The smallest absolute Gasteiger partial charge is 0.245 e.